The number of hydrogen-bond donors (Lipinski definition) is 2. The molecule has 24 heavy (non-hydrogen) atoms. The highest BCUT2D eigenvalue weighted by atomic mass is 79.9. The fourth-order valence-corrected chi connectivity index (χ4v) is 2.71. The van der Waals surface area contributed by atoms with Crippen molar-refractivity contribution in [3.05, 3.63) is 63.6 Å². The van der Waals surface area contributed by atoms with Crippen LogP contribution in [0.15, 0.2) is 46.9 Å². The molecule has 0 aromatic heterocycles. The van der Waals surface area contributed by atoms with Crippen molar-refractivity contribution < 1.29 is 4.79 Å². The van der Waals surface area contributed by atoms with Crippen LogP contribution < -0.4 is 11.1 Å². The molecule has 0 radical (unpaired) electrons. The second kappa shape index (κ2) is 7.47. The van der Waals surface area contributed by atoms with Gasteiger partial charge < -0.3 is 16.0 Å². The first-order chi connectivity index (χ1) is 11.2. The van der Waals surface area contributed by atoms with Crippen molar-refractivity contribution in [2.24, 2.45) is 5.73 Å². The number of halogens is 1. The zero-order chi connectivity index (χ0) is 17.9. The molecule has 1 unspecified atom stereocenters. The lowest BCUT2D eigenvalue weighted by Gasteiger charge is -2.25. The van der Waals surface area contributed by atoms with Gasteiger partial charge in [-0.2, -0.15) is 0 Å². The molecule has 0 aliphatic heterocycles. The minimum absolute atomic E-state index is 0.227. The normalized spacial score (nSPS) is 13.6. The molecule has 0 spiro atoms. The molecule has 0 saturated carbocycles. The largest absolute Gasteiger partial charge is 0.324 e. The molecule has 128 valence electrons. The van der Waals surface area contributed by atoms with E-state index in [-0.39, 0.29) is 5.91 Å². The summed E-state index contributed by atoms with van der Waals surface area (Å²) in [6, 6.07) is 13.6. The first-order valence-electron chi connectivity index (χ1n) is 7.81. The molecule has 1 amide bonds. The van der Waals surface area contributed by atoms with Gasteiger partial charge >= 0.3 is 0 Å². The fraction of sp³-hybridized carbons (Fsp3) is 0.316. The SMILES string of the molecule is Cc1ccc(CN(C)C)cc1NC(=O)C(C)(N)c1ccc(Br)cc1. The number of nitrogens with two attached hydrogens (primary N) is 1. The van der Waals surface area contributed by atoms with Gasteiger partial charge in [-0.1, -0.05) is 40.2 Å². The van der Waals surface area contributed by atoms with E-state index >= 15 is 0 Å². The number of carbonyl (C=O) groups is 1. The van der Waals surface area contributed by atoms with E-state index in [0.29, 0.717) is 0 Å². The molecular formula is C19H24BrN3O. The fourth-order valence-electron chi connectivity index (χ4n) is 2.45. The second-order valence-corrected chi connectivity index (χ2v) is 7.47. The van der Waals surface area contributed by atoms with Gasteiger partial charge in [-0.05, 0) is 62.8 Å². The van der Waals surface area contributed by atoms with E-state index in [2.05, 4.69) is 32.2 Å². The predicted octanol–water partition coefficient (Wildman–Crippen LogP) is 3.63. The topological polar surface area (TPSA) is 58.4 Å². The van der Waals surface area contributed by atoms with E-state index in [1.54, 1.807) is 6.92 Å². The van der Waals surface area contributed by atoms with E-state index in [1.165, 1.54) is 0 Å². The van der Waals surface area contributed by atoms with Crippen LogP contribution in [0.25, 0.3) is 0 Å². The van der Waals surface area contributed by atoms with Gasteiger partial charge in [0.15, 0.2) is 0 Å². The summed E-state index contributed by atoms with van der Waals surface area (Å²) >= 11 is 3.39. The number of hydrogen-bond acceptors (Lipinski definition) is 3. The van der Waals surface area contributed by atoms with Crippen LogP contribution in [0.1, 0.15) is 23.6 Å². The van der Waals surface area contributed by atoms with Gasteiger partial charge in [-0.25, -0.2) is 0 Å². The van der Waals surface area contributed by atoms with Crippen molar-refractivity contribution in [3.63, 3.8) is 0 Å². The van der Waals surface area contributed by atoms with Crippen LogP contribution in [0.2, 0.25) is 0 Å². The highest BCUT2D eigenvalue weighted by Crippen LogP contribution is 2.24. The van der Waals surface area contributed by atoms with Crippen LogP contribution in [0, 0.1) is 6.92 Å². The summed E-state index contributed by atoms with van der Waals surface area (Å²) in [7, 11) is 4.03. The lowest BCUT2D eigenvalue weighted by atomic mass is 9.92. The molecule has 0 heterocycles. The smallest absolute Gasteiger partial charge is 0.248 e. The lowest BCUT2D eigenvalue weighted by molar-refractivity contribution is -0.120. The monoisotopic (exact) mass is 389 g/mol. The zero-order valence-electron chi connectivity index (χ0n) is 14.6. The van der Waals surface area contributed by atoms with Crippen LogP contribution in [0.5, 0.6) is 0 Å². The Morgan fingerprint density at radius 1 is 1.21 bits per heavy atom. The third kappa shape index (κ3) is 4.44. The Morgan fingerprint density at radius 2 is 1.83 bits per heavy atom. The number of amides is 1. The zero-order valence-corrected chi connectivity index (χ0v) is 16.1. The maximum atomic E-state index is 12.7. The Morgan fingerprint density at radius 3 is 2.42 bits per heavy atom. The van der Waals surface area contributed by atoms with Crippen molar-refractivity contribution in [2.75, 3.05) is 19.4 Å². The molecule has 0 aliphatic rings. The van der Waals surface area contributed by atoms with Crippen LogP contribution in [-0.2, 0) is 16.9 Å². The average molecular weight is 390 g/mol. The number of benzene rings is 2. The lowest BCUT2D eigenvalue weighted by Crippen LogP contribution is -2.45. The molecular weight excluding hydrogens is 366 g/mol. The molecule has 0 aliphatic carbocycles. The number of carbonyl (C=O) groups excluding carboxylic acids is 1. The van der Waals surface area contributed by atoms with E-state index in [4.69, 9.17) is 5.73 Å². The Labute approximate surface area is 152 Å². The van der Waals surface area contributed by atoms with Crippen LogP contribution in [-0.4, -0.2) is 24.9 Å². The van der Waals surface area contributed by atoms with Crippen molar-refractivity contribution >= 4 is 27.5 Å². The Hall–Kier alpha value is -1.69. The number of rotatable bonds is 5. The van der Waals surface area contributed by atoms with Crippen molar-refractivity contribution in [1.82, 2.24) is 4.90 Å². The van der Waals surface area contributed by atoms with Gasteiger partial charge in [0.2, 0.25) is 5.91 Å². The minimum atomic E-state index is -1.11. The van der Waals surface area contributed by atoms with Gasteiger partial charge in [0.05, 0.1) is 0 Å². The number of aryl methyl sites for hydroxylation is 1. The summed E-state index contributed by atoms with van der Waals surface area (Å²) in [5.74, 6) is -0.227. The first-order valence-corrected chi connectivity index (χ1v) is 8.60. The van der Waals surface area contributed by atoms with E-state index < -0.39 is 5.54 Å². The van der Waals surface area contributed by atoms with Gasteiger partial charge in [0, 0.05) is 16.7 Å². The van der Waals surface area contributed by atoms with Gasteiger partial charge in [0.1, 0.15) is 5.54 Å². The summed E-state index contributed by atoms with van der Waals surface area (Å²) in [4.78, 5) is 14.8. The predicted molar refractivity (Wildman–Crippen MR) is 103 cm³/mol. The summed E-state index contributed by atoms with van der Waals surface area (Å²) < 4.78 is 0.953. The standard InChI is InChI=1S/C19H24BrN3O/c1-13-5-6-14(12-23(3)4)11-17(13)22-18(24)19(2,21)15-7-9-16(20)10-8-15/h5-11H,12,21H2,1-4H3,(H,22,24). The number of anilines is 1. The first kappa shape index (κ1) is 18.6. The Bertz CT molecular complexity index is 724. The third-order valence-electron chi connectivity index (χ3n) is 3.96. The molecule has 0 saturated heterocycles. The molecule has 3 N–H and O–H groups in total. The molecule has 1 atom stereocenters. The highest BCUT2D eigenvalue weighted by molar-refractivity contribution is 9.10. The maximum absolute atomic E-state index is 12.7. The summed E-state index contributed by atoms with van der Waals surface area (Å²) in [5, 5.41) is 2.98. The van der Waals surface area contributed by atoms with E-state index in [0.717, 1.165) is 33.4 Å². The minimum Gasteiger partial charge on any atom is -0.324 e. The molecule has 5 heteroatoms. The molecule has 4 nitrogen and oxygen atoms in total. The highest BCUT2D eigenvalue weighted by Gasteiger charge is 2.30. The van der Waals surface area contributed by atoms with Crippen LogP contribution in [0.4, 0.5) is 5.69 Å². The third-order valence-corrected chi connectivity index (χ3v) is 4.49. The molecule has 0 fully saturated rings. The molecule has 0 bridgehead atoms. The van der Waals surface area contributed by atoms with Gasteiger partial charge in [-0.15, -0.1) is 0 Å². The maximum Gasteiger partial charge on any atom is 0.248 e. The second-order valence-electron chi connectivity index (χ2n) is 6.55. The molecule has 2 rings (SSSR count). The summed E-state index contributed by atoms with van der Waals surface area (Å²) in [6.45, 7) is 4.52. The van der Waals surface area contributed by atoms with Crippen molar-refractivity contribution in [2.45, 2.75) is 25.9 Å². The quantitative estimate of drug-likeness (QED) is 0.820. The Kier molecular flexibility index (Phi) is 5.80. The molecule has 2 aromatic carbocycles. The van der Waals surface area contributed by atoms with E-state index in [1.807, 2.05) is 57.4 Å². The Balaban J connectivity index is 2.23. The van der Waals surface area contributed by atoms with Crippen molar-refractivity contribution in [3.8, 4) is 0 Å². The summed E-state index contributed by atoms with van der Waals surface area (Å²) in [5.41, 5.74) is 8.93. The summed E-state index contributed by atoms with van der Waals surface area (Å²) in [6.07, 6.45) is 0. The van der Waals surface area contributed by atoms with Gasteiger partial charge in [0.25, 0.3) is 0 Å². The van der Waals surface area contributed by atoms with E-state index in [9.17, 15) is 4.79 Å². The number of nitrogens with zero attached hydrogens (tertiary/aromatic N) is 1. The van der Waals surface area contributed by atoms with Crippen molar-refractivity contribution in [1.29, 1.82) is 0 Å². The van der Waals surface area contributed by atoms with Crippen LogP contribution in [0.3, 0.4) is 0 Å². The van der Waals surface area contributed by atoms with Gasteiger partial charge in [-0.3, -0.25) is 4.79 Å². The number of nitrogens with one attached hydrogen (secondary N) is 1. The molecule has 2 aromatic rings. The van der Waals surface area contributed by atoms with Crippen LogP contribution >= 0.6 is 15.9 Å². The average Bonchev–Trinajstić information content (AvgIpc) is 2.50.